The zero-order chi connectivity index (χ0) is 16.2. The number of aromatic nitrogens is 1. The number of hydrogen-bond acceptors (Lipinski definition) is 2. The number of methoxy groups -OCH3 is 1. The van der Waals surface area contributed by atoms with Crippen LogP contribution in [-0.2, 0) is 6.42 Å². The van der Waals surface area contributed by atoms with Crippen molar-refractivity contribution in [3.63, 3.8) is 0 Å². The fourth-order valence-electron chi connectivity index (χ4n) is 2.55. The predicted molar refractivity (Wildman–Crippen MR) is 92.3 cm³/mol. The summed E-state index contributed by atoms with van der Waals surface area (Å²) < 4.78 is 5.21. The van der Waals surface area contributed by atoms with Crippen molar-refractivity contribution < 1.29 is 9.53 Å². The number of amides is 1. The molecule has 0 spiro atoms. The Morgan fingerprint density at radius 3 is 2.87 bits per heavy atom. The van der Waals surface area contributed by atoms with Crippen molar-refractivity contribution in [3.05, 3.63) is 64.8 Å². The number of carbonyl (C=O) groups is 1. The van der Waals surface area contributed by atoms with Crippen LogP contribution in [0.2, 0.25) is 5.02 Å². The van der Waals surface area contributed by atoms with Gasteiger partial charge >= 0.3 is 0 Å². The fourth-order valence-corrected chi connectivity index (χ4v) is 2.77. The van der Waals surface area contributed by atoms with E-state index in [1.165, 1.54) is 0 Å². The van der Waals surface area contributed by atoms with Crippen molar-refractivity contribution in [2.24, 2.45) is 0 Å². The Morgan fingerprint density at radius 2 is 2.09 bits per heavy atom. The van der Waals surface area contributed by atoms with E-state index in [9.17, 15) is 4.79 Å². The van der Waals surface area contributed by atoms with Crippen LogP contribution in [0.25, 0.3) is 10.9 Å². The van der Waals surface area contributed by atoms with Gasteiger partial charge in [-0.3, -0.25) is 4.79 Å². The number of hydrogen-bond donors (Lipinski definition) is 2. The molecule has 0 atom stereocenters. The topological polar surface area (TPSA) is 54.1 Å². The van der Waals surface area contributed by atoms with Gasteiger partial charge in [-0.2, -0.15) is 0 Å². The van der Waals surface area contributed by atoms with Gasteiger partial charge in [-0.05, 0) is 36.2 Å². The first kappa shape index (κ1) is 15.4. The molecule has 0 aliphatic heterocycles. The van der Waals surface area contributed by atoms with E-state index in [-0.39, 0.29) is 5.91 Å². The Morgan fingerprint density at radius 1 is 1.26 bits per heavy atom. The number of halogens is 1. The van der Waals surface area contributed by atoms with E-state index in [4.69, 9.17) is 16.3 Å². The largest absolute Gasteiger partial charge is 0.497 e. The third-order valence-electron chi connectivity index (χ3n) is 3.77. The highest BCUT2D eigenvalue weighted by atomic mass is 35.5. The number of aromatic amines is 1. The standard InChI is InChI=1S/C18H17ClN2O2/c1-23-13-6-7-14-12(11-21-17(14)10-13)8-9-20-18(22)15-4-2-3-5-16(15)19/h2-7,10-11,21H,8-9H2,1H3,(H,20,22). The Balaban J connectivity index is 1.65. The van der Waals surface area contributed by atoms with E-state index in [0.29, 0.717) is 17.1 Å². The second-order valence-electron chi connectivity index (χ2n) is 5.21. The highest BCUT2D eigenvalue weighted by molar-refractivity contribution is 6.33. The molecule has 1 aromatic heterocycles. The van der Waals surface area contributed by atoms with Gasteiger partial charge in [0.15, 0.2) is 0 Å². The van der Waals surface area contributed by atoms with E-state index < -0.39 is 0 Å². The van der Waals surface area contributed by atoms with Gasteiger partial charge < -0.3 is 15.0 Å². The van der Waals surface area contributed by atoms with Gasteiger partial charge in [0, 0.05) is 29.7 Å². The third-order valence-corrected chi connectivity index (χ3v) is 4.10. The average molecular weight is 329 g/mol. The lowest BCUT2D eigenvalue weighted by Gasteiger charge is -2.06. The van der Waals surface area contributed by atoms with Gasteiger partial charge in [0.25, 0.3) is 5.91 Å². The summed E-state index contributed by atoms with van der Waals surface area (Å²) in [6, 6.07) is 12.9. The normalized spacial score (nSPS) is 10.7. The van der Waals surface area contributed by atoms with E-state index in [0.717, 1.165) is 28.6 Å². The SMILES string of the molecule is COc1ccc2c(CCNC(=O)c3ccccc3Cl)c[nH]c2c1. The summed E-state index contributed by atoms with van der Waals surface area (Å²) in [4.78, 5) is 15.3. The molecule has 0 aliphatic carbocycles. The third kappa shape index (κ3) is 3.32. The van der Waals surface area contributed by atoms with E-state index in [1.807, 2.05) is 24.4 Å². The van der Waals surface area contributed by atoms with Crippen LogP contribution in [0.15, 0.2) is 48.7 Å². The molecular weight excluding hydrogens is 312 g/mol. The van der Waals surface area contributed by atoms with Gasteiger partial charge in [-0.1, -0.05) is 23.7 Å². The van der Waals surface area contributed by atoms with Crippen LogP contribution in [0.5, 0.6) is 5.75 Å². The Hall–Kier alpha value is -2.46. The van der Waals surface area contributed by atoms with Gasteiger partial charge in [-0.25, -0.2) is 0 Å². The maximum atomic E-state index is 12.1. The van der Waals surface area contributed by atoms with Crippen molar-refractivity contribution in [2.75, 3.05) is 13.7 Å². The van der Waals surface area contributed by atoms with Gasteiger partial charge in [0.05, 0.1) is 17.7 Å². The van der Waals surface area contributed by atoms with E-state index in [1.54, 1.807) is 31.4 Å². The first-order valence-corrected chi connectivity index (χ1v) is 7.73. The Kier molecular flexibility index (Phi) is 4.53. The molecule has 3 rings (SSSR count). The molecule has 5 heteroatoms. The summed E-state index contributed by atoms with van der Waals surface area (Å²) in [5, 5.41) is 4.50. The molecule has 0 unspecified atom stereocenters. The van der Waals surface area contributed by atoms with Crippen molar-refractivity contribution in [1.82, 2.24) is 10.3 Å². The monoisotopic (exact) mass is 328 g/mol. The number of carbonyl (C=O) groups excluding carboxylic acids is 1. The van der Waals surface area contributed by atoms with E-state index >= 15 is 0 Å². The highest BCUT2D eigenvalue weighted by Gasteiger charge is 2.10. The van der Waals surface area contributed by atoms with Crippen molar-refractivity contribution in [2.45, 2.75) is 6.42 Å². The first-order chi connectivity index (χ1) is 11.2. The molecule has 0 fully saturated rings. The first-order valence-electron chi connectivity index (χ1n) is 7.36. The molecule has 0 saturated carbocycles. The minimum atomic E-state index is -0.155. The molecule has 0 aliphatic rings. The zero-order valence-electron chi connectivity index (χ0n) is 12.7. The maximum absolute atomic E-state index is 12.1. The van der Waals surface area contributed by atoms with E-state index in [2.05, 4.69) is 10.3 Å². The quantitative estimate of drug-likeness (QED) is 0.748. The summed E-state index contributed by atoms with van der Waals surface area (Å²) in [6.07, 6.45) is 2.70. The van der Waals surface area contributed by atoms with Crippen LogP contribution in [0.4, 0.5) is 0 Å². The highest BCUT2D eigenvalue weighted by Crippen LogP contribution is 2.23. The summed E-state index contributed by atoms with van der Waals surface area (Å²) in [5.41, 5.74) is 2.68. The van der Waals surface area contributed by atoms with Crippen molar-refractivity contribution >= 4 is 28.4 Å². The lowest BCUT2D eigenvalue weighted by Crippen LogP contribution is -2.25. The van der Waals surface area contributed by atoms with Crippen LogP contribution in [-0.4, -0.2) is 24.5 Å². The Labute approximate surface area is 139 Å². The second kappa shape index (κ2) is 6.75. The molecule has 2 aromatic carbocycles. The lowest BCUT2D eigenvalue weighted by atomic mass is 10.1. The number of ether oxygens (including phenoxy) is 1. The lowest BCUT2D eigenvalue weighted by molar-refractivity contribution is 0.0954. The number of rotatable bonds is 5. The van der Waals surface area contributed by atoms with Crippen LogP contribution in [0, 0.1) is 0 Å². The van der Waals surface area contributed by atoms with Gasteiger partial charge in [0.2, 0.25) is 0 Å². The van der Waals surface area contributed by atoms with Crippen LogP contribution in [0.1, 0.15) is 15.9 Å². The van der Waals surface area contributed by atoms with Crippen molar-refractivity contribution in [3.8, 4) is 5.75 Å². The fraction of sp³-hybridized carbons (Fsp3) is 0.167. The predicted octanol–water partition coefficient (Wildman–Crippen LogP) is 3.80. The number of H-pyrrole nitrogens is 1. The maximum Gasteiger partial charge on any atom is 0.252 e. The van der Waals surface area contributed by atoms with Gasteiger partial charge in [-0.15, -0.1) is 0 Å². The van der Waals surface area contributed by atoms with Gasteiger partial charge in [0.1, 0.15) is 5.75 Å². The average Bonchev–Trinajstić information content (AvgIpc) is 2.97. The minimum absolute atomic E-state index is 0.155. The molecule has 1 amide bonds. The second-order valence-corrected chi connectivity index (χ2v) is 5.62. The molecule has 0 bridgehead atoms. The molecule has 1 heterocycles. The Bertz CT molecular complexity index is 842. The molecule has 3 aromatic rings. The minimum Gasteiger partial charge on any atom is -0.497 e. The molecule has 118 valence electrons. The van der Waals surface area contributed by atoms with Crippen molar-refractivity contribution in [1.29, 1.82) is 0 Å². The molecule has 0 radical (unpaired) electrons. The number of fused-ring (bicyclic) bond motifs is 1. The molecule has 2 N–H and O–H groups in total. The number of benzene rings is 2. The summed E-state index contributed by atoms with van der Waals surface area (Å²) in [7, 11) is 1.65. The molecular formula is C18H17ClN2O2. The summed E-state index contributed by atoms with van der Waals surface area (Å²) in [5.74, 6) is 0.662. The molecule has 4 nitrogen and oxygen atoms in total. The summed E-state index contributed by atoms with van der Waals surface area (Å²) >= 11 is 6.03. The van der Waals surface area contributed by atoms with Crippen LogP contribution >= 0.6 is 11.6 Å². The van der Waals surface area contributed by atoms with Crippen LogP contribution in [0.3, 0.4) is 0 Å². The smallest absolute Gasteiger partial charge is 0.252 e. The summed E-state index contributed by atoms with van der Waals surface area (Å²) in [6.45, 7) is 0.545. The zero-order valence-corrected chi connectivity index (χ0v) is 13.5. The molecule has 0 saturated heterocycles. The van der Waals surface area contributed by atoms with Crippen LogP contribution < -0.4 is 10.1 Å². The molecule has 23 heavy (non-hydrogen) atoms. The number of nitrogens with one attached hydrogen (secondary N) is 2.